The van der Waals surface area contributed by atoms with Crippen molar-refractivity contribution < 1.29 is 9.47 Å². The lowest BCUT2D eigenvalue weighted by Crippen LogP contribution is -2.43. The van der Waals surface area contributed by atoms with Crippen LogP contribution in [0.15, 0.2) is 6.20 Å². The number of H-pyrrole nitrogens is 1. The van der Waals surface area contributed by atoms with Crippen molar-refractivity contribution in [1.82, 2.24) is 20.4 Å². The smallest absolute Gasteiger partial charge is 0.0698 e. The Morgan fingerprint density at radius 1 is 1.13 bits per heavy atom. The van der Waals surface area contributed by atoms with Crippen molar-refractivity contribution in [1.29, 1.82) is 0 Å². The fourth-order valence-corrected chi connectivity index (χ4v) is 4.73. The molecule has 1 aliphatic carbocycles. The number of nitrogens with zero attached hydrogens (tertiary/aromatic N) is 2. The summed E-state index contributed by atoms with van der Waals surface area (Å²) < 4.78 is 12.1. The third kappa shape index (κ3) is 7.04. The molecule has 2 rings (SSSR count). The molecular weight excluding hydrogens is 376 g/mol. The fraction of sp³-hybridized carbons (Fsp3) is 0.875. The van der Waals surface area contributed by atoms with Gasteiger partial charge in [0.2, 0.25) is 0 Å². The van der Waals surface area contributed by atoms with E-state index in [1.165, 1.54) is 11.3 Å². The van der Waals surface area contributed by atoms with Crippen LogP contribution in [-0.4, -0.2) is 68.7 Å². The van der Waals surface area contributed by atoms with Crippen LogP contribution < -0.4 is 5.32 Å². The normalized spacial score (nSPS) is 23.9. The maximum Gasteiger partial charge on any atom is 0.0698 e. The van der Waals surface area contributed by atoms with Crippen molar-refractivity contribution in [3.8, 4) is 0 Å². The van der Waals surface area contributed by atoms with Crippen LogP contribution in [0, 0.1) is 17.3 Å². The fourth-order valence-electron chi connectivity index (χ4n) is 4.73. The number of aromatic nitrogens is 2. The summed E-state index contributed by atoms with van der Waals surface area (Å²) in [6.45, 7) is 15.5. The maximum absolute atomic E-state index is 6.05. The van der Waals surface area contributed by atoms with Crippen molar-refractivity contribution in [3.63, 3.8) is 0 Å². The molecule has 1 heterocycles. The molecule has 0 aliphatic heterocycles. The van der Waals surface area contributed by atoms with Gasteiger partial charge in [0.15, 0.2) is 0 Å². The van der Waals surface area contributed by atoms with E-state index in [1.54, 1.807) is 0 Å². The standard InChI is InChI=1S/C24H46N4O2/c1-7-11-29-17-21-13-19(14-22(24(21,3)4)18-30-12-8-2)23-20(15-26-27-23)16-28(6)10-9-25-5/h15,19,21-22,25H,7-14,16-18H2,1-6H3,(H,26,27). The topological polar surface area (TPSA) is 62.4 Å². The third-order valence-corrected chi connectivity index (χ3v) is 6.90. The molecule has 174 valence electrons. The van der Waals surface area contributed by atoms with Crippen LogP contribution in [0.3, 0.4) is 0 Å². The van der Waals surface area contributed by atoms with Crippen molar-refractivity contribution in [2.75, 3.05) is 53.6 Å². The second-order valence-electron chi connectivity index (χ2n) is 9.67. The highest BCUT2D eigenvalue weighted by molar-refractivity contribution is 5.22. The zero-order chi connectivity index (χ0) is 22.0. The molecule has 6 heteroatoms. The summed E-state index contributed by atoms with van der Waals surface area (Å²) in [5, 5.41) is 11.1. The van der Waals surface area contributed by atoms with Crippen LogP contribution in [0.4, 0.5) is 0 Å². The van der Waals surface area contributed by atoms with Crippen molar-refractivity contribution in [2.45, 2.75) is 65.8 Å². The Morgan fingerprint density at radius 3 is 2.27 bits per heavy atom. The quantitative estimate of drug-likeness (QED) is 0.443. The number of hydrogen-bond donors (Lipinski definition) is 2. The molecule has 0 amide bonds. The highest BCUT2D eigenvalue weighted by atomic mass is 16.5. The number of rotatable bonds is 14. The van der Waals surface area contributed by atoms with Crippen molar-refractivity contribution in [2.24, 2.45) is 17.3 Å². The first kappa shape index (κ1) is 25.3. The first-order chi connectivity index (χ1) is 14.4. The third-order valence-electron chi connectivity index (χ3n) is 6.90. The lowest BCUT2D eigenvalue weighted by molar-refractivity contribution is -0.0505. The van der Waals surface area contributed by atoms with Gasteiger partial charge in [0.25, 0.3) is 0 Å². The van der Waals surface area contributed by atoms with E-state index in [0.717, 1.165) is 71.7 Å². The Morgan fingerprint density at radius 2 is 1.73 bits per heavy atom. The molecule has 1 aromatic rings. The molecule has 2 N–H and O–H groups in total. The van der Waals surface area contributed by atoms with Crippen LogP contribution in [0.5, 0.6) is 0 Å². The lowest BCUT2D eigenvalue weighted by atomic mass is 9.59. The molecule has 6 nitrogen and oxygen atoms in total. The van der Waals surface area contributed by atoms with E-state index in [-0.39, 0.29) is 5.41 Å². The number of nitrogens with one attached hydrogen (secondary N) is 2. The highest BCUT2D eigenvalue weighted by Gasteiger charge is 2.45. The molecule has 0 radical (unpaired) electrons. The molecule has 1 aliphatic rings. The summed E-state index contributed by atoms with van der Waals surface area (Å²) in [7, 11) is 4.18. The van der Waals surface area contributed by atoms with Gasteiger partial charge in [-0.05, 0) is 57.0 Å². The first-order valence-electron chi connectivity index (χ1n) is 11.9. The molecule has 30 heavy (non-hydrogen) atoms. The summed E-state index contributed by atoms with van der Waals surface area (Å²) in [4.78, 5) is 2.36. The molecule has 1 aromatic heterocycles. The second kappa shape index (κ2) is 12.8. The van der Waals surface area contributed by atoms with E-state index in [9.17, 15) is 0 Å². The van der Waals surface area contributed by atoms with Crippen LogP contribution in [0.25, 0.3) is 0 Å². The highest BCUT2D eigenvalue weighted by Crippen LogP contribution is 2.50. The van der Waals surface area contributed by atoms with Crippen molar-refractivity contribution >= 4 is 0 Å². The monoisotopic (exact) mass is 422 g/mol. The van der Waals surface area contributed by atoms with E-state index >= 15 is 0 Å². The summed E-state index contributed by atoms with van der Waals surface area (Å²) >= 11 is 0. The molecule has 0 aromatic carbocycles. The molecule has 2 unspecified atom stereocenters. The molecule has 1 saturated carbocycles. The second-order valence-corrected chi connectivity index (χ2v) is 9.67. The number of aromatic amines is 1. The number of ether oxygens (including phenoxy) is 2. The van der Waals surface area contributed by atoms with E-state index in [1.807, 2.05) is 7.05 Å². The SMILES string of the molecule is CCCOCC1CC(c2n[nH]cc2CN(C)CCNC)CC(COCCC)C1(C)C. The molecule has 1 fully saturated rings. The molecule has 2 atom stereocenters. The van der Waals surface area contributed by atoms with Gasteiger partial charge in [0, 0.05) is 63.7 Å². The zero-order valence-electron chi connectivity index (χ0n) is 20.3. The summed E-state index contributed by atoms with van der Waals surface area (Å²) in [5.41, 5.74) is 2.79. The average molecular weight is 423 g/mol. The Hall–Kier alpha value is -0.950. The van der Waals surface area contributed by atoms with Gasteiger partial charge < -0.3 is 19.7 Å². The molecule has 0 saturated heterocycles. The van der Waals surface area contributed by atoms with E-state index in [4.69, 9.17) is 14.6 Å². The van der Waals surface area contributed by atoms with Gasteiger partial charge in [0.1, 0.15) is 0 Å². The summed E-state index contributed by atoms with van der Waals surface area (Å²) in [5.74, 6) is 1.50. The van der Waals surface area contributed by atoms with E-state index < -0.39 is 0 Å². The molecular formula is C24H46N4O2. The van der Waals surface area contributed by atoms with E-state index in [2.05, 4.69) is 56.3 Å². The summed E-state index contributed by atoms with van der Waals surface area (Å²) in [6.07, 6.45) is 6.51. The van der Waals surface area contributed by atoms with Gasteiger partial charge in [-0.2, -0.15) is 5.10 Å². The average Bonchev–Trinajstić information content (AvgIpc) is 3.17. The van der Waals surface area contributed by atoms with E-state index in [0.29, 0.717) is 17.8 Å². The van der Waals surface area contributed by atoms with Crippen LogP contribution in [0.2, 0.25) is 0 Å². The van der Waals surface area contributed by atoms with Gasteiger partial charge in [0.05, 0.1) is 5.69 Å². The largest absolute Gasteiger partial charge is 0.381 e. The number of hydrogen-bond acceptors (Lipinski definition) is 5. The Kier molecular flexibility index (Phi) is 10.8. The maximum atomic E-state index is 6.05. The van der Waals surface area contributed by atoms with Gasteiger partial charge >= 0.3 is 0 Å². The number of likely N-dealkylation sites (N-methyl/N-ethyl adjacent to an activating group) is 2. The predicted octanol–water partition coefficient (Wildman–Crippen LogP) is 4.05. The van der Waals surface area contributed by atoms with Gasteiger partial charge in [-0.25, -0.2) is 0 Å². The van der Waals surface area contributed by atoms with Crippen LogP contribution in [0.1, 0.15) is 70.6 Å². The van der Waals surface area contributed by atoms with Gasteiger partial charge in [-0.15, -0.1) is 0 Å². The Balaban J connectivity index is 2.15. The zero-order valence-corrected chi connectivity index (χ0v) is 20.3. The van der Waals surface area contributed by atoms with Crippen LogP contribution >= 0.6 is 0 Å². The Bertz CT molecular complexity index is 568. The summed E-state index contributed by atoms with van der Waals surface area (Å²) in [6, 6.07) is 0. The van der Waals surface area contributed by atoms with Gasteiger partial charge in [-0.1, -0.05) is 27.7 Å². The predicted molar refractivity (Wildman–Crippen MR) is 124 cm³/mol. The van der Waals surface area contributed by atoms with Crippen molar-refractivity contribution in [3.05, 3.63) is 17.5 Å². The van der Waals surface area contributed by atoms with Gasteiger partial charge in [-0.3, -0.25) is 5.10 Å². The minimum Gasteiger partial charge on any atom is -0.381 e. The minimum atomic E-state index is 0.206. The molecule has 0 spiro atoms. The molecule has 0 bridgehead atoms. The Labute approximate surface area is 184 Å². The first-order valence-corrected chi connectivity index (χ1v) is 11.9. The minimum absolute atomic E-state index is 0.206. The van der Waals surface area contributed by atoms with Crippen LogP contribution in [-0.2, 0) is 16.0 Å². The lowest BCUT2D eigenvalue weighted by Gasteiger charge is -2.48.